The van der Waals surface area contributed by atoms with Crippen LogP contribution in [0, 0.1) is 11.8 Å². The molecule has 5 nitrogen and oxygen atoms in total. The molecule has 2 N–H and O–H groups in total. The van der Waals surface area contributed by atoms with Gasteiger partial charge in [0.15, 0.2) is 0 Å². The van der Waals surface area contributed by atoms with Crippen LogP contribution < -0.4 is 0 Å². The third-order valence-electron chi connectivity index (χ3n) is 3.15. The van der Waals surface area contributed by atoms with E-state index in [-0.39, 0.29) is 5.92 Å². The van der Waals surface area contributed by atoms with Crippen LogP contribution in [0.5, 0.6) is 0 Å². The molecule has 0 saturated heterocycles. The summed E-state index contributed by atoms with van der Waals surface area (Å²) < 4.78 is 0. The number of carbonyl (C=O) groups is 2. The Kier molecular flexibility index (Phi) is 8.39. The lowest BCUT2D eigenvalue weighted by molar-refractivity contribution is -0.147. The van der Waals surface area contributed by atoms with Gasteiger partial charge in [-0.15, -0.1) is 0 Å². The molecule has 0 spiro atoms. The van der Waals surface area contributed by atoms with E-state index < -0.39 is 23.9 Å². The Balaban J connectivity index is 4.84. The van der Waals surface area contributed by atoms with Gasteiger partial charge in [0.05, 0.1) is 5.92 Å². The first-order chi connectivity index (χ1) is 8.79. The van der Waals surface area contributed by atoms with Gasteiger partial charge in [0.2, 0.25) is 0 Å². The second-order valence-corrected chi connectivity index (χ2v) is 5.57. The first-order valence-corrected chi connectivity index (χ1v) is 6.99. The molecule has 112 valence electrons. The van der Waals surface area contributed by atoms with Crippen molar-refractivity contribution >= 4 is 11.9 Å². The highest BCUT2D eigenvalue weighted by molar-refractivity contribution is 5.74. The monoisotopic (exact) mass is 273 g/mol. The van der Waals surface area contributed by atoms with E-state index in [1.54, 1.807) is 6.92 Å². The molecule has 0 saturated carbocycles. The lowest BCUT2D eigenvalue weighted by atomic mass is 10.0. The van der Waals surface area contributed by atoms with Gasteiger partial charge in [-0.1, -0.05) is 34.1 Å². The van der Waals surface area contributed by atoms with E-state index in [0.717, 1.165) is 12.8 Å². The van der Waals surface area contributed by atoms with Gasteiger partial charge in [-0.3, -0.25) is 14.5 Å². The molecule has 0 aliphatic carbocycles. The van der Waals surface area contributed by atoms with Crippen LogP contribution in [0.2, 0.25) is 0 Å². The fraction of sp³-hybridized carbons (Fsp3) is 0.857. The third kappa shape index (κ3) is 7.15. The Morgan fingerprint density at radius 2 is 1.68 bits per heavy atom. The summed E-state index contributed by atoms with van der Waals surface area (Å²) in [7, 11) is 0. The van der Waals surface area contributed by atoms with Crippen molar-refractivity contribution in [3.05, 3.63) is 0 Å². The van der Waals surface area contributed by atoms with Gasteiger partial charge in [-0.2, -0.15) is 0 Å². The topological polar surface area (TPSA) is 77.8 Å². The fourth-order valence-corrected chi connectivity index (χ4v) is 2.02. The summed E-state index contributed by atoms with van der Waals surface area (Å²) in [6, 6.07) is -0.589. The summed E-state index contributed by atoms with van der Waals surface area (Å²) in [6.07, 6.45) is 2.39. The maximum Gasteiger partial charge on any atom is 0.320 e. The summed E-state index contributed by atoms with van der Waals surface area (Å²) in [5.41, 5.74) is 0. The second-order valence-electron chi connectivity index (χ2n) is 5.57. The van der Waals surface area contributed by atoms with E-state index in [1.165, 1.54) is 0 Å². The van der Waals surface area contributed by atoms with Gasteiger partial charge in [-0.25, -0.2) is 0 Å². The zero-order valence-electron chi connectivity index (χ0n) is 12.4. The van der Waals surface area contributed by atoms with Crippen LogP contribution in [0.3, 0.4) is 0 Å². The van der Waals surface area contributed by atoms with E-state index >= 15 is 0 Å². The van der Waals surface area contributed by atoms with Crippen LogP contribution in [0.15, 0.2) is 0 Å². The minimum Gasteiger partial charge on any atom is -0.481 e. The average molecular weight is 273 g/mol. The number of hydrogen-bond acceptors (Lipinski definition) is 3. The van der Waals surface area contributed by atoms with Crippen molar-refractivity contribution in [1.82, 2.24) is 4.90 Å². The summed E-state index contributed by atoms with van der Waals surface area (Å²) in [6.45, 7) is 8.55. The highest BCUT2D eigenvalue weighted by Gasteiger charge is 2.28. The zero-order valence-corrected chi connectivity index (χ0v) is 12.4. The minimum atomic E-state index is -0.879. The van der Waals surface area contributed by atoms with Crippen molar-refractivity contribution in [3.8, 4) is 0 Å². The van der Waals surface area contributed by atoms with Gasteiger partial charge >= 0.3 is 11.9 Å². The first-order valence-electron chi connectivity index (χ1n) is 6.99. The molecule has 0 fully saturated rings. The van der Waals surface area contributed by atoms with Crippen molar-refractivity contribution in [1.29, 1.82) is 0 Å². The van der Waals surface area contributed by atoms with Gasteiger partial charge in [0.1, 0.15) is 6.04 Å². The Morgan fingerprint density at radius 3 is 2.05 bits per heavy atom. The van der Waals surface area contributed by atoms with E-state index in [2.05, 4.69) is 0 Å². The molecule has 0 aromatic carbocycles. The quantitative estimate of drug-likeness (QED) is 0.638. The molecular weight excluding hydrogens is 246 g/mol. The zero-order chi connectivity index (χ0) is 15.0. The van der Waals surface area contributed by atoms with E-state index in [1.807, 2.05) is 25.7 Å². The Morgan fingerprint density at radius 1 is 1.11 bits per heavy atom. The molecule has 5 heteroatoms. The van der Waals surface area contributed by atoms with Crippen LogP contribution in [0.1, 0.15) is 47.0 Å². The number of carboxylic acid groups (broad SMARTS) is 2. The first kappa shape index (κ1) is 17.9. The van der Waals surface area contributed by atoms with E-state index in [4.69, 9.17) is 5.11 Å². The molecule has 0 aromatic heterocycles. The van der Waals surface area contributed by atoms with Crippen molar-refractivity contribution in [2.45, 2.75) is 53.0 Å². The second kappa shape index (κ2) is 8.91. The largest absolute Gasteiger partial charge is 0.481 e. The maximum absolute atomic E-state index is 11.4. The standard InChI is InChI=1S/C14H27NO4/c1-5-6-7-15(9-11(4)13(16)17)12(14(18)19)8-10(2)3/h10-12H,5-9H2,1-4H3,(H,16,17)(H,18,19). The Bertz CT molecular complexity index is 291. The molecule has 0 bridgehead atoms. The van der Waals surface area contributed by atoms with Crippen LogP contribution in [-0.2, 0) is 9.59 Å². The molecular formula is C14H27NO4. The number of carboxylic acids is 2. The van der Waals surface area contributed by atoms with Crippen molar-refractivity contribution in [2.24, 2.45) is 11.8 Å². The SMILES string of the molecule is CCCCN(CC(C)C(=O)O)C(CC(C)C)C(=O)O. The molecule has 0 heterocycles. The van der Waals surface area contributed by atoms with Crippen LogP contribution >= 0.6 is 0 Å². The lowest BCUT2D eigenvalue weighted by Crippen LogP contribution is -2.45. The predicted molar refractivity (Wildman–Crippen MR) is 74.2 cm³/mol. The Labute approximate surface area is 115 Å². The number of aliphatic carboxylic acids is 2. The van der Waals surface area contributed by atoms with Crippen LogP contribution in [0.25, 0.3) is 0 Å². The molecule has 0 aliphatic heterocycles. The maximum atomic E-state index is 11.4. The minimum absolute atomic E-state index is 0.269. The fourth-order valence-electron chi connectivity index (χ4n) is 2.02. The number of unbranched alkanes of at least 4 members (excludes halogenated alkanes) is 1. The van der Waals surface area contributed by atoms with Crippen LogP contribution in [0.4, 0.5) is 0 Å². The number of rotatable bonds is 10. The molecule has 0 aromatic rings. The van der Waals surface area contributed by atoms with Crippen molar-refractivity contribution < 1.29 is 19.8 Å². The molecule has 0 radical (unpaired) electrons. The van der Waals surface area contributed by atoms with E-state index in [0.29, 0.717) is 19.5 Å². The average Bonchev–Trinajstić information content (AvgIpc) is 2.30. The molecule has 0 amide bonds. The molecule has 0 aliphatic rings. The molecule has 19 heavy (non-hydrogen) atoms. The Hall–Kier alpha value is -1.10. The molecule has 2 unspecified atom stereocenters. The van der Waals surface area contributed by atoms with E-state index in [9.17, 15) is 14.7 Å². The van der Waals surface area contributed by atoms with Gasteiger partial charge in [0, 0.05) is 6.54 Å². The summed E-state index contributed by atoms with van der Waals surface area (Å²) >= 11 is 0. The summed E-state index contributed by atoms with van der Waals surface area (Å²) in [5.74, 6) is -2.02. The van der Waals surface area contributed by atoms with Crippen molar-refractivity contribution in [3.63, 3.8) is 0 Å². The van der Waals surface area contributed by atoms with Gasteiger partial charge in [-0.05, 0) is 25.3 Å². The van der Waals surface area contributed by atoms with Crippen LogP contribution in [-0.4, -0.2) is 46.2 Å². The highest BCUT2D eigenvalue weighted by Crippen LogP contribution is 2.15. The van der Waals surface area contributed by atoms with Gasteiger partial charge in [0.25, 0.3) is 0 Å². The van der Waals surface area contributed by atoms with Crippen molar-refractivity contribution in [2.75, 3.05) is 13.1 Å². The predicted octanol–water partition coefficient (Wildman–Crippen LogP) is 2.31. The smallest absolute Gasteiger partial charge is 0.320 e. The van der Waals surface area contributed by atoms with Gasteiger partial charge < -0.3 is 10.2 Å². The highest BCUT2D eigenvalue weighted by atomic mass is 16.4. The number of hydrogen-bond donors (Lipinski definition) is 2. The normalized spacial score (nSPS) is 14.6. The lowest BCUT2D eigenvalue weighted by Gasteiger charge is -2.31. The molecule has 2 atom stereocenters. The number of nitrogens with zero attached hydrogens (tertiary/aromatic N) is 1. The third-order valence-corrected chi connectivity index (χ3v) is 3.15. The molecule has 0 rings (SSSR count). The summed E-state index contributed by atoms with van der Waals surface area (Å²) in [5, 5.41) is 18.3. The summed E-state index contributed by atoms with van der Waals surface area (Å²) in [4.78, 5) is 24.2.